The number of anilines is 1. The summed E-state index contributed by atoms with van der Waals surface area (Å²) in [5, 5.41) is 17.4. The molecule has 122 valence electrons. The molecule has 0 aliphatic carbocycles. The minimum atomic E-state index is -4.43. The van der Waals surface area contributed by atoms with Gasteiger partial charge in [-0.05, 0) is 24.6 Å². The van der Waals surface area contributed by atoms with Crippen LogP contribution in [0.5, 0.6) is 0 Å². The predicted octanol–water partition coefficient (Wildman–Crippen LogP) is 0.740. The van der Waals surface area contributed by atoms with Crippen molar-refractivity contribution in [3.63, 3.8) is 0 Å². The van der Waals surface area contributed by atoms with Gasteiger partial charge in [-0.3, -0.25) is 14.1 Å². The lowest BCUT2D eigenvalue weighted by atomic mass is 10.2. The molecule has 0 amide bonds. The summed E-state index contributed by atoms with van der Waals surface area (Å²) in [4.78, 5) is 21.0. The number of halogens is 1. The van der Waals surface area contributed by atoms with Gasteiger partial charge < -0.3 is 15.6 Å². The molecule has 9 nitrogen and oxygen atoms in total. The number of benzene rings is 1. The Bertz CT molecular complexity index is 681. The molecule has 1 aromatic rings. The largest absolute Gasteiger partial charge is 0.481 e. The van der Waals surface area contributed by atoms with Crippen molar-refractivity contribution in [1.29, 1.82) is 0 Å². The molecule has 0 saturated carbocycles. The fourth-order valence-electron chi connectivity index (χ4n) is 1.55. The Morgan fingerprint density at radius 1 is 1.32 bits per heavy atom. The Balaban J connectivity index is 2.99. The molecule has 0 aromatic heterocycles. The van der Waals surface area contributed by atoms with Crippen molar-refractivity contribution in [2.45, 2.75) is 24.3 Å². The van der Waals surface area contributed by atoms with Crippen molar-refractivity contribution in [3.05, 3.63) is 22.7 Å². The molecule has 0 saturated heterocycles. The predicted molar refractivity (Wildman–Crippen MR) is 76.4 cm³/mol. The molecule has 1 aromatic carbocycles. The van der Waals surface area contributed by atoms with Gasteiger partial charge in [0, 0.05) is 0 Å². The maximum Gasteiger partial charge on any atom is 0.323 e. The van der Waals surface area contributed by atoms with Crippen molar-refractivity contribution < 1.29 is 32.8 Å². The van der Waals surface area contributed by atoms with Gasteiger partial charge in [-0.15, -0.1) is 0 Å². The first-order valence-electron chi connectivity index (χ1n) is 5.76. The molecule has 1 unspecified atom stereocenters. The topological polar surface area (TPSA) is 153 Å². The smallest absolute Gasteiger partial charge is 0.323 e. The third kappa shape index (κ3) is 4.84. The number of carboxylic acid groups (broad SMARTS) is 2. The molecule has 0 spiro atoms. The standard InChI is InChI=1S/C11H13ClN2O7S/c1-5-2-6(22(19,20)21)3-7(12)10(5)14-13-8(11(17)18)4-9(15)16/h2-3,8,13-14H,4H2,1H3,(H,15,16)(H,17,18)(H,19,20,21). The second-order valence-electron chi connectivity index (χ2n) is 4.33. The average Bonchev–Trinajstić information content (AvgIpc) is 2.34. The van der Waals surface area contributed by atoms with Crippen LogP contribution in [0.1, 0.15) is 12.0 Å². The Hall–Kier alpha value is -1.88. The third-order valence-electron chi connectivity index (χ3n) is 2.61. The van der Waals surface area contributed by atoms with Crippen LogP contribution in [0.3, 0.4) is 0 Å². The Morgan fingerprint density at radius 3 is 2.32 bits per heavy atom. The van der Waals surface area contributed by atoms with E-state index in [1.165, 1.54) is 6.92 Å². The van der Waals surface area contributed by atoms with Crippen molar-refractivity contribution in [2.24, 2.45) is 0 Å². The summed E-state index contributed by atoms with van der Waals surface area (Å²) in [6.07, 6.45) is -0.678. The highest BCUT2D eigenvalue weighted by Gasteiger charge is 2.21. The fraction of sp³-hybridized carbons (Fsp3) is 0.273. The number of rotatable bonds is 7. The van der Waals surface area contributed by atoms with E-state index in [1.54, 1.807) is 0 Å². The molecular formula is C11H13ClN2O7S. The molecule has 5 N–H and O–H groups in total. The highest BCUT2D eigenvalue weighted by atomic mass is 35.5. The van der Waals surface area contributed by atoms with Crippen LogP contribution in [-0.2, 0) is 19.7 Å². The second kappa shape index (κ2) is 6.92. The van der Waals surface area contributed by atoms with Gasteiger partial charge in [0.15, 0.2) is 0 Å². The minimum Gasteiger partial charge on any atom is -0.481 e. The number of aliphatic carboxylic acids is 2. The number of hydrogen-bond donors (Lipinski definition) is 5. The Labute approximate surface area is 130 Å². The van der Waals surface area contributed by atoms with Gasteiger partial charge in [0.2, 0.25) is 0 Å². The van der Waals surface area contributed by atoms with E-state index >= 15 is 0 Å². The zero-order valence-electron chi connectivity index (χ0n) is 11.2. The van der Waals surface area contributed by atoms with Crippen LogP contribution < -0.4 is 10.9 Å². The van der Waals surface area contributed by atoms with Gasteiger partial charge in [0.1, 0.15) is 6.04 Å². The lowest BCUT2D eigenvalue weighted by molar-refractivity contribution is -0.145. The van der Waals surface area contributed by atoms with Crippen LogP contribution in [0.4, 0.5) is 5.69 Å². The van der Waals surface area contributed by atoms with Crippen molar-refractivity contribution in [3.8, 4) is 0 Å². The van der Waals surface area contributed by atoms with Gasteiger partial charge in [0.05, 0.1) is 22.0 Å². The molecule has 0 heterocycles. The third-order valence-corrected chi connectivity index (χ3v) is 3.74. The van der Waals surface area contributed by atoms with Crippen LogP contribution in [-0.4, -0.2) is 41.2 Å². The molecule has 0 fully saturated rings. The quantitative estimate of drug-likeness (QED) is 0.353. The second-order valence-corrected chi connectivity index (χ2v) is 6.16. The molecule has 0 bridgehead atoms. The Morgan fingerprint density at radius 2 is 1.91 bits per heavy atom. The van der Waals surface area contributed by atoms with E-state index in [1.807, 2.05) is 0 Å². The average molecular weight is 353 g/mol. The van der Waals surface area contributed by atoms with E-state index in [0.29, 0.717) is 5.56 Å². The molecule has 22 heavy (non-hydrogen) atoms. The minimum absolute atomic E-state index is 0.0976. The molecule has 0 aliphatic heterocycles. The molecule has 0 radical (unpaired) electrons. The first kappa shape index (κ1) is 18.2. The molecule has 1 atom stereocenters. The monoisotopic (exact) mass is 352 g/mol. The summed E-state index contributed by atoms with van der Waals surface area (Å²) in [7, 11) is -4.43. The van der Waals surface area contributed by atoms with Crippen molar-refractivity contribution in [2.75, 3.05) is 5.43 Å². The number of carboxylic acids is 2. The van der Waals surface area contributed by atoms with Gasteiger partial charge in [0.25, 0.3) is 10.1 Å². The highest BCUT2D eigenvalue weighted by Crippen LogP contribution is 2.28. The highest BCUT2D eigenvalue weighted by molar-refractivity contribution is 7.85. The van der Waals surface area contributed by atoms with Gasteiger partial charge in [-0.1, -0.05) is 11.6 Å². The normalized spacial score (nSPS) is 12.7. The Kier molecular flexibility index (Phi) is 5.72. The number of hydrogen-bond acceptors (Lipinski definition) is 6. The van der Waals surface area contributed by atoms with E-state index < -0.39 is 39.4 Å². The van der Waals surface area contributed by atoms with Crippen LogP contribution >= 0.6 is 11.6 Å². The number of nitrogens with one attached hydrogen (secondary N) is 2. The van der Waals surface area contributed by atoms with E-state index in [2.05, 4.69) is 10.9 Å². The van der Waals surface area contributed by atoms with Crippen molar-refractivity contribution in [1.82, 2.24) is 5.43 Å². The number of carbonyl (C=O) groups is 2. The van der Waals surface area contributed by atoms with E-state index in [0.717, 1.165) is 12.1 Å². The lowest BCUT2D eigenvalue weighted by Gasteiger charge is -2.17. The van der Waals surface area contributed by atoms with Gasteiger partial charge in [-0.2, -0.15) is 8.42 Å². The molecular weight excluding hydrogens is 340 g/mol. The summed E-state index contributed by atoms with van der Waals surface area (Å²) in [6, 6.07) is 0.674. The summed E-state index contributed by atoms with van der Waals surface area (Å²) in [6.45, 7) is 1.47. The van der Waals surface area contributed by atoms with Gasteiger partial charge >= 0.3 is 11.9 Å². The summed E-state index contributed by atoms with van der Waals surface area (Å²) in [5.41, 5.74) is 5.18. The number of hydrazine groups is 1. The zero-order chi connectivity index (χ0) is 17.1. The summed E-state index contributed by atoms with van der Waals surface area (Å²) in [5.74, 6) is -2.70. The van der Waals surface area contributed by atoms with Crippen LogP contribution in [0.2, 0.25) is 5.02 Å². The van der Waals surface area contributed by atoms with E-state index in [-0.39, 0.29) is 10.7 Å². The summed E-state index contributed by atoms with van der Waals surface area (Å²) < 4.78 is 31.0. The first-order chi connectivity index (χ1) is 10.0. The van der Waals surface area contributed by atoms with E-state index in [9.17, 15) is 18.0 Å². The van der Waals surface area contributed by atoms with Crippen LogP contribution in [0.15, 0.2) is 17.0 Å². The fourth-order valence-corrected chi connectivity index (χ4v) is 2.52. The maximum atomic E-state index is 11.0. The maximum absolute atomic E-state index is 11.0. The first-order valence-corrected chi connectivity index (χ1v) is 7.58. The summed E-state index contributed by atoms with van der Waals surface area (Å²) >= 11 is 5.87. The molecule has 0 aliphatic rings. The molecule has 1 rings (SSSR count). The van der Waals surface area contributed by atoms with Crippen LogP contribution in [0, 0.1) is 6.92 Å². The SMILES string of the molecule is Cc1cc(S(=O)(=O)O)cc(Cl)c1NNC(CC(=O)O)C(=O)O. The number of aryl methyl sites for hydroxylation is 1. The zero-order valence-corrected chi connectivity index (χ0v) is 12.8. The lowest BCUT2D eigenvalue weighted by Crippen LogP contribution is -2.42. The van der Waals surface area contributed by atoms with E-state index in [4.69, 9.17) is 26.4 Å². The van der Waals surface area contributed by atoms with Gasteiger partial charge in [-0.25, -0.2) is 5.43 Å². The van der Waals surface area contributed by atoms with Crippen LogP contribution in [0.25, 0.3) is 0 Å². The molecule has 11 heteroatoms. The van der Waals surface area contributed by atoms with Crippen molar-refractivity contribution >= 4 is 39.3 Å².